The molecule has 0 saturated carbocycles. The summed E-state index contributed by atoms with van der Waals surface area (Å²) in [7, 11) is 4.20. The average molecular weight is 288 g/mol. The number of nitrogens with zero attached hydrogens (tertiary/aromatic N) is 2. The van der Waals surface area contributed by atoms with E-state index in [1.165, 1.54) is 5.56 Å². The number of benzene rings is 1. The molecule has 0 radical (unpaired) electrons. The highest BCUT2D eigenvalue weighted by molar-refractivity contribution is 5.79. The predicted molar refractivity (Wildman–Crippen MR) is 82.5 cm³/mol. The summed E-state index contributed by atoms with van der Waals surface area (Å²) in [6, 6.07) is 8.48. The first-order valence-corrected chi connectivity index (χ1v) is 7.75. The summed E-state index contributed by atoms with van der Waals surface area (Å²) in [5.74, 6) is 1.02. The van der Waals surface area contributed by atoms with Gasteiger partial charge in [0.05, 0.1) is 5.92 Å². The summed E-state index contributed by atoms with van der Waals surface area (Å²) in [5.41, 5.74) is 1.21. The molecule has 3 unspecified atom stereocenters. The minimum absolute atomic E-state index is 0.0111. The summed E-state index contributed by atoms with van der Waals surface area (Å²) >= 11 is 0. The van der Waals surface area contributed by atoms with Crippen LogP contribution >= 0.6 is 0 Å². The minimum Gasteiger partial charge on any atom is -0.426 e. The molecule has 0 aromatic heterocycles. The SMILES string of the molecule is CC(CN1CCC2c3ccccc3OC(=O)C2C1)N(C)C. The number of fused-ring (bicyclic) bond motifs is 3. The molecule has 4 heteroatoms. The molecule has 21 heavy (non-hydrogen) atoms. The Morgan fingerprint density at radius 2 is 2.10 bits per heavy atom. The van der Waals surface area contributed by atoms with Crippen LogP contribution in [-0.2, 0) is 4.79 Å². The summed E-state index contributed by atoms with van der Waals surface area (Å²) in [5, 5.41) is 0. The summed E-state index contributed by atoms with van der Waals surface area (Å²) in [4.78, 5) is 16.9. The van der Waals surface area contributed by atoms with Crippen LogP contribution in [0, 0.1) is 5.92 Å². The number of carbonyl (C=O) groups excluding carboxylic acids is 1. The fourth-order valence-corrected chi connectivity index (χ4v) is 3.40. The quantitative estimate of drug-likeness (QED) is 0.629. The Morgan fingerprint density at radius 3 is 2.86 bits per heavy atom. The Hall–Kier alpha value is -1.39. The van der Waals surface area contributed by atoms with Gasteiger partial charge in [-0.25, -0.2) is 0 Å². The smallest absolute Gasteiger partial charge is 0.316 e. The Balaban J connectivity index is 1.74. The van der Waals surface area contributed by atoms with Gasteiger partial charge in [0.15, 0.2) is 0 Å². The predicted octanol–water partition coefficient (Wildman–Crippen LogP) is 1.96. The van der Waals surface area contributed by atoms with Crippen LogP contribution in [0.2, 0.25) is 0 Å². The molecule has 0 bridgehead atoms. The highest BCUT2D eigenvalue weighted by Gasteiger charge is 2.41. The van der Waals surface area contributed by atoms with Gasteiger partial charge in [0.25, 0.3) is 0 Å². The van der Waals surface area contributed by atoms with E-state index in [0.29, 0.717) is 12.0 Å². The zero-order chi connectivity index (χ0) is 15.0. The van der Waals surface area contributed by atoms with Crippen LogP contribution in [0.15, 0.2) is 24.3 Å². The molecule has 2 heterocycles. The molecule has 1 fully saturated rings. The lowest BCUT2D eigenvalue weighted by molar-refractivity contribution is -0.143. The highest BCUT2D eigenvalue weighted by atomic mass is 16.5. The van der Waals surface area contributed by atoms with Crippen molar-refractivity contribution in [1.82, 2.24) is 9.80 Å². The third kappa shape index (κ3) is 2.83. The maximum Gasteiger partial charge on any atom is 0.316 e. The summed E-state index contributed by atoms with van der Waals surface area (Å²) in [6.45, 7) is 5.10. The molecule has 3 atom stereocenters. The van der Waals surface area contributed by atoms with Crippen LogP contribution in [0.3, 0.4) is 0 Å². The van der Waals surface area contributed by atoms with Gasteiger partial charge in [-0.2, -0.15) is 0 Å². The van der Waals surface area contributed by atoms with E-state index < -0.39 is 0 Å². The monoisotopic (exact) mass is 288 g/mol. The van der Waals surface area contributed by atoms with Gasteiger partial charge >= 0.3 is 5.97 Å². The van der Waals surface area contributed by atoms with Gasteiger partial charge in [-0.05, 0) is 45.6 Å². The van der Waals surface area contributed by atoms with E-state index in [2.05, 4.69) is 36.9 Å². The van der Waals surface area contributed by atoms with Crippen molar-refractivity contribution >= 4 is 5.97 Å². The van der Waals surface area contributed by atoms with E-state index >= 15 is 0 Å². The van der Waals surface area contributed by atoms with Crippen molar-refractivity contribution in [3.05, 3.63) is 29.8 Å². The fourth-order valence-electron chi connectivity index (χ4n) is 3.40. The first-order chi connectivity index (χ1) is 10.1. The third-order valence-corrected chi connectivity index (χ3v) is 4.93. The summed E-state index contributed by atoms with van der Waals surface area (Å²) < 4.78 is 5.53. The average Bonchev–Trinajstić information content (AvgIpc) is 2.47. The lowest BCUT2D eigenvalue weighted by atomic mass is 9.78. The van der Waals surface area contributed by atoms with E-state index in [9.17, 15) is 4.79 Å². The van der Waals surface area contributed by atoms with Crippen molar-refractivity contribution in [1.29, 1.82) is 0 Å². The van der Waals surface area contributed by atoms with Crippen LogP contribution in [-0.4, -0.2) is 55.5 Å². The molecule has 1 saturated heterocycles. The van der Waals surface area contributed by atoms with Gasteiger partial charge in [-0.3, -0.25) is 4.79 Å². The number of ether oxygens (including phenoxy) is 1. The number of rotatable bonds is 3. The van der Waals surface area contributed by atoms with Crippen LogP contribution in [0.1, 0.15) is 24.8 Å². The number of esters is 1. The van der Waals surface area contributed by atoms with Crippen LogP contribution in [0.4, 0.5) is 0 Å². The zero-order valence-electron chi connectivity index (χ0n) is 13.1. The molecule has 0 amide bonds. The number of piperidine rings is 1. The van der Waals surface area contributed by atoms with Crippen molar-refractivity contribution in [2.75, 3.05) is 33.7 Å². The lowest BCUT2D eigenvalue weighted by Gasteiger charge is -2.41. The first-order valence-electron chi connectivity index (χ1n) is 7.75. The van der Waals surface area contributed by atoms with Crippen molar-refractivity contribution < 1.29 is 9.53 Å². The molecule has 1 aromatic carbocycles. The molecule has 0 N–H and O–H groups in total. The number of likely N-dealkylation sites (tertiary alicyclic amines) is 1. The van der Waals surface area contributed by atoms with Crippen LogP contribution < -0.4 is 4.74 Å². The van der Waals surface area contributed by atoms with Gasteiger partial charge in [-0.15, -0.1) is 0 Å². The van der Waals surface area contributed by atoms with Gasteiger partial charge < -0.3 is 14.5 Å². The highest BCUT2D eigenvalue weighted by Crippen LogP contribution is 2.42. The van der Waals surface area contributed by atoms with Gasteiger partial charge in [0.1, 0.15) is 5.75 Å². The van der Waals surface area contributed by atoms with Crippen molar-refractivity contribution in [3.8, 4) is 5.75 Å². The second-order valence-corrected chi connectivity index (χ2v) is 6.53. The normalized spacial score (nSPS) is 27.0. The Bertz CT molecular complexity index is 529. The molecule has 0 aliphatic carbocycles. The van der Waals surface area contributed by atoms with Gasteiger partial charge in [0, 0.05) is 25.0 Å². The van der Waals surface area contributed by atoms with E-state index in [4.69, 9.17) is 4.74 Å². The van der Waals surface area contributed by atoms with Crippen LogP contribution in [0.5, 0.6) is 5.75 Å². The second-order valence-electron chi connectivity index (χ2n) is 6.53. The maximum atomic E-state index is 12.3. The lowest BCUT2D eigenvalue weighted by Crippen LogP contribution is -2.49. The number of hydrogen-bond donors (Lipinski definition) is 0. The molecule has 2 aliphatic heterocycles. The molecule has 3 rings (SSSR count). The molecule has 1 aromatic rings. The van der Waals surface area contributed by atoms with E-state index in [-0.39, 0.29) is 11.9 Å². The standard InChI is InChI=1S/C17H24N2O2/c1-12(18(2)3)10-19-9-8-13-14-6-4-5-7-16(14)21-17(20)15(13)11-19/h4-7,12-13,15H,8-11H2,1-3H3. The van der Waals surface area contributed by atoms with Crippen LogP contribution in [0.25, 0.3) is 0 Å². The van der Waals surface area contributed by atoms with E-state index in [0.717, 1.165) is 31.8 Å². The molecular formula is C17H24N2O2. The molecule has 2 aliphatic rings. The van der Waals surface area contributed by atoms with E-state index in [1.54, 1.807) is 0 Å². The number of likely N-dealkylation sites (N-methyl/N-ethyl adjacent to an activating group) is 1. The van der Waals surface area contributed by atoms with E-state index in [1.807, 2.05) is 18.2 Å². The Kier molecular flexibility index (Phi) is 4.00. The van der Waals surface area contributed by atoms with Gasteiger partial charge in [0.2, 0.25) is 0 Å². The molecule has 114 valence electrons. The first kappa shape index (κ1) is 14.5. The van der Waals surface area contributed by atoms with Crippen molar-refractivity contribution in [3.63, 3.8) is 0 Å². The van der Waals surface area contributed by atoms with Crippen molar-refractivity contribution in [2.45, 2.75) is 25.3 Å². The Morgan fingerprint density at radius 1 is 1.33 bits per heavy atom. The fraction of sp³-hybridized carbons (Fsp3) is 0.588. The number of carbonyl (C=O) groups is 1. The molecule has 0 spiro atoms. The maximum absolute atomic E-state index is 12.3. The summed E-state index contributed by atoms with van der Waals surface area (Å²) in [6.07, 6.45) is 1.04. The second kappa shape index (κ2) is 5.78. The van der Waals surface area contributed by atoms with Crippen molar-refractivity contribution in [2.24, 2.45) is 5.92 Å². The van der Waals surface area contributed by atoms with Gasteiger partial charge in [-0.1, -0.05) is 18.2 Å². The zero-order valence-corrected chi connectivity index (χ0v) is 13.1. The number of para-hydroxylation sites is 1. The molecular weight excluding hydrogens is 264 g/mol. The minimum atomic E-state index is -0.0547. The largest absolute Gasteiger partial charge is 0.426 e. The number of hydrogen-bond acceptors (Lipinski definition) is 4. The Labute approximate surface area is 126 Å². The topological polar surface area (TPSA) is 32.8 Å². The third-order valence-electron chi connectivity index (χ3n) is 4.93. The molecule has 4 nitrogen and oxygen atoms in total.